The zero-order chi connectivity index (χ0) is 12.7. The zero-order valence-electron chi connectivity index (χ0n) is 11.7. The van der Waals surface area contributed by atoms with Crippen LogP contribution in [0.4, 0.5) is 0 Å². The van der Waals surface area contributed by atoms with E-state index in [0.717, 1.165) is 26.2 Å². The molecular formula is C13H28N2OS. The smallest absolute Gasteiger partial charge is 0.0521 e. The number of ether oxygens (including phenoxy) is 1. The molecular weight excluding hydrogens is 232 g/mol. The third kappa shape index (κ3) is 4.78. The highest BCUT2D eigenvalue weighted by atomic mass is 32.2. The molecule has 0 aromatic heterocycles. The molecule has 1 rings (SSSR count). The van der Waals surface area contributed by atoms with Gasteiger partial charge >= 0.3 is 0 Å². The summed E-state index contributed by atoms with van der Waals surface area (Å²) < 4.78 is 5.62. The van der Waals surface area contributed by atoms with Crippen molar-refractivity contribution in [1.29, 1.82) is 0 Å². The Kier molecular flexibility index (Phi) is 7.51. The average molecular weight is 260 g/mol. The van der Waals surface area contributed by atoms with Gasteiger partial charge in [0.2, 0.25) is 0 Å². The molecule has 4 heteroatoms. The van der Waals surface area contributed by atoms with Crippen LogP contribution < -0.4 is 5.32 Å². The molecule has 1 N–H and O–H groups in total. The molecule has 3 unspecified atom stereocenters. The molecule has 3 nitrogen and oxygen atoms in total. The van der Waals surface area contributed by atoms with Gasteiger partial charge in [0.05, 0.1) is 6.61 Å². The number of hydrogen-bond acceptors (Lipinski definition) is 4. The number of thioether (sulfide) groups is 1. The molecule has 0 amide bonds. The standard InChI is InChI=1S/C13H28N2OS/c1-5-12(10-17-4)15(3)8-11-9-16-7-6-13(11)14-2/h11-14H,5-10H2,1-4H3. The van der Waals surface area contributed by atoms with Gasteiger partial charge in [0.25, 0.3) is 0 Å². The lowest BCUT2D eigenvalue weighted by Crippen LogP contribution is -2.48. The summed E-state index contributed by atoms with van der Waals surface area (Å²) in [6.45, 7) is 5.24. The summed E-state index contributed by atoms with van der Waals surface area (Å²) in [5.74, 6) is 1.86. The van der Waals surface area contributed by atoms with Crippen LogP contribution in [-0.2, 0) is 4.74 Å². The van der Waals surface area contributed by atoms with Crippen molar-refractivity contribution in [2.75, 3.05) is 45.9 Å². The Balaban J connectivity index is 2.44. The molecule has 1 fully saturated rings. The SMILES string of the molecule is CCC(CSC)N(C)CC1COCCC1NC. The van der Waals surface area contributed by atoms with Crippen LogP contribution in [0.3, 0.4) is 0 Å². The molecule has 1 aliphatic rings. The van der Waals surface area contributed by atoms with E-state index in [2.05, 4.69) is 37.5 Å². The van der Waals surface area contributed by atoms with E-state index in [1.165, 1.54) is 12.2 Å². The number of hydrogen-bond donors (Lipinski definition) is 1. The van der Waals surface area contributed by atoms with Gasteiger partial charge in [-0.3, -0.25) is 0 Å². The van der Waals surface area contributed by atoms with Crippen LogP contribution in [0.15, 0.2) is 0 Å². The Bertz CT molecular complexity index is 204. The first-order valence-electron chi connectivity index (χ1n) is 6.67. The van der Waals surface area contributed by atoms with Gasteiger partial charge in [-0.05, 0) is 33.2 Å². The lowest BCUT2D eigenvalue weighted by molar-refractivity contribution is 0.0174. The highest BCUT2D eigenvalue weighted by Crippen LogP contribution is 2.18. The van der Waals surface area contributed by atoms with Gasteiger partial charge < -0.3 is 15.0 Å². The molecule has 0 radical (unpaired) electrons. The lowest BCUT2D eigenvalue weighted by Gasteiger charge is -2.36. The summed E-state index contributed by atoms with van der Waals surface area (Å²) in [6, 6.07) is 1.32. The van der Waals surface area contributed by atoms with Crippen molar-refractivity contribution in [1.82, 2.24) is 10.2 Å². The zero-order valence-corrected chi connectivity index (χ0v) is 12.6. The third-order valence-corrected chi connectivity index (χ3v) is 4.54. The number of nitrogens with zero attached hydrogens (tertiary/aromatic N) is 1. The Hall–Kier alpha value is 0.230. The number of nitrogens with one attached hydrogen (secondary N) is 1. The Morgan fingerprint density at radius 3 is 2.88 bits per heavy atom. The van der Waals surface area contributed by atoms with E-state index in [1.54, 1.807) is 0 Å². The molecule has 102 valence electrons. The Morgan fingerprint density at radius 1 is 1.53 bits per heavy atom. The normalized spacial score (nSPS) is 27.4. The number of rotatable bonds is 7. The van der Waals surface area contributed by atoms with Crippen LogP contribution in [0, 0.1) is 5.92 Å². The molecule has 3 atom stereocenters. The van der Waals surface area contributed by atoms with Crippen LogP contribution in [0.5, 0.6) is 0 Å². The van der Waals surface area contributed by atoms with Gasteiger partial charge in [0, 0.05) is 36.9 Å². The van der Waals surface area contributed by atoms with Crippen molar-refractivity contribution in [3.63, 3.8) is 0 Å². The molecule has 0 aliphatic carbocycles. The molecule has 0 aromatic carbocycles. The van der Waals surface area contributed by atoms with Crippen molar-refractivity contribution in [2.45, 2.75) is 31.8 Å². The van der Waals surface area contributed by atoms with Crippen LogP contribution in [-0.4, -0.2) is 62.8 Å². The quantitative estimate of drug-likeness (QED) is 0.753. The third-order valence-electron chi connectivity index (χ3n) is 3.82. The van der Waals surface area contributed by atoms with Gasteiger partial charge in [-0.25, -0.2) is 0 Å². The average Bonchev–Trinajstić information content (AvgIpc) is 2.36. The molecule has 1 saturated heterocycles. The van der Waals surface area contributed by atoms with Crippen molar-refractivity contribution in [3.05, 3.63) is 0 Å². The molecule has 1 heterocycles. The molecule has 0 bridgehead atoms. The van der Waals surface area contributed by atoms with Gasteiger partial charge in [0.1, 0.15) is 0 Å². The predicted molar refractivity (Wildman–Crippen MR) is 76.9 cm³/mol. The molecule has 0 saturated carbocycles. The highest BCUT2D eigenvalue weighted by molar-refractivity contribution is 7.98. The summed E-state index contributed by atoms with van der Waals surface area (Å²) >= 11 is 1.94. The lowest BCUT2D eigenvalue weighted by atomic mass is 9.95. The first-order chi connectivity index (χ1) is 8.22. The summed E-state index contributed by atoms with van der Waals surface area (Å²) in [7, 11) is 4.33. The van der Waals surface area contributed by atoms with E-state index >= 15 is 0 Å². The van der Waals surface area contributed by atoms with Crippen LogP contribution >= 0.6 is 11.8 Å². The maximum atomic E-state index is 5.62. The predicted octanol–water partition coefficient (Wildman–Crippen LogP) is 1.68. The topological polar surface area (TPSA) is 24.5 Å². The minimum absolute atomic E-state index is 0.623. The van der Waals surface area contributed by atoms with Gasteiger partial charge in [-0.15, -0.1) is 0 Å². The van der Waals surface area contributed by atoms with E-state index in [0.29, 0.717) is 18.0 Å². The van der Waals surface area contributed by atoms with E-state index in [-0.39, 0.29) is 0 Å². The second-order valence-corrected chi connectivity index (χ2v) is 5.89. The van der Waals surface area contributed by atoms with Crippen molar-refractivity contribution in [2.24, 2.45) is 5.92 Å². The molecule has 1 aliphatic heterocycles. The van der Waals surface area contributed by atoms with Crippen molar-refractivity contribution >= 4 is 11.8 Å². The van der Waals surface area contributed by atoms with E-state index < -0.39 is 0 Å². The molecule has 17 heavy (non-hydrogen) atoms. The van der Waals surface area contributed by atoms with E-state index in [9.17, 15) is 0 Å². The first-order valence-corrected chi connectivity index (χ1v) is 8.06. The minimum atomic E-state index is 0.623. The minimum Gasteiger partial charge on any atom is -0.381 e. The van der Waals surface area contributed by atoms with Crippen LogP contribution in [0.2, 0.25) is 0 Å². The van der Waals surface area contributed by atoms with Crippen molar-refractivity contribution < 1.29 is 4.74 Å². The highest BCUT2D eigenvalue weighted by Gasteiger charge is 2.26. The van der Waals surface area contributed by atoms with Crippen LogP contribution in [0.1, 0.15) is 19.8 Å². The monoisotopic (exact) mass is 260 g/mol. The maximum absolute atomic E-state index is 5.62. The summed E-state index contributed by atoms with van der Waals surface area (Å²) in [5, 5.41) is 3.44. The summed E-state index contributed by atoms with van der Waals surface area (Å²) in [5.41, 5.74) is 0. The fourth-order valence-electron chi connectivity index (χ4n) is 2.62. The van der Waals surface area contributed by atoms with E-state index in [4.69, 9.17) is 4.74 Å². The van der Waals surface area contributed by atoms with Gasteiger partial charge in [-0.1, -0.05) is 6.92 Å². The van der Waals surface area contributed by atoms with Crippen LogP contribution in [0.25, 0.3) is 0 Å². The second kappa shape index (κ2) is 8.35. The Morgan fingerprint density at radius 2 is 2.29 bits per heavy atom. The maximum Gasteiger partial charge on any atom is 0.0521 e. The van der Waals surface area contributed by atoms with Crippen molar-refractivity contribution in [3.8, 4) is 0 Å². The molecule has 0 aromatic rings. The Labute approximate surface area is 111 Å². The first kappa shape index (κ1) is 15.3. The van der Waals surface area contributed by atoms with Gasteiger partial charge in [-0.2, -0.15) is 11.8 Å². The fraction of sp³-hybridized carbons (Fsp3) is 1.00. The summed E-state index contributed by atoms with van der Waals surface area (Å²) in [6.07, 6.45) is 4.57. The fourth-order valence-corrected chi connectivity index (χ4v) is 3.50. The van der Waals surface area contributed by atoms with E-state index in [1.807, 2.05) is 11.8 Å². The summed E-state index contributed by atoms with van der Waals surface area (Å²) in [4.78, 5) is 2.51. The largest absolute Gasteiger partial charge is 0.381 e. The second-order valence-electron chi connectivity index (χ2n) is 4.98. The van der Waals surface area contributed by atoms with Gasteiger partial charge in [0.15, 0.2) is 0 Å². The molecule has 0 spiro atoms.